The monoisotopic (exact) mass is 374 g/mol. The van der Waals surface area contributed by atoms with E-state index in [4.69, 9.17) is 5.73 Å². The Balaban J connectivity index is 0.00000220. The lowest BCUT2D eigenvalue weighted by atomic mass is 9.78. The van der Waals surface area contributed by atoms with Crippen molar-refractivity contribution >= 4 is 34.2 Å². The molecule has 21 heavy (non-hydrogen) atoms. The van der Waals surface area contributed by atoms with E-state index in [0.29, 0.717) is 6.54 Å². The quantitative estimate of drug-likeness (QED) is 0.827. The van der Waals surface area contributed by atoms with Crippen molar-refractivity contribution in [2.24, 2.45) is 5.73 Å². The van der Waals surface area contributed by atoms with Crippen LogP contribution in [0.25, 0.3) is 0 Å². The molecule has 0 radical (unpaired) electrons. The van der Waals surface area contributed by atoms with Crippen LogP contribution in [0, 0.1) is 0 Å². The van der Waals surface area contributed by atoms with Gasteiger partial charge in [0.15, 0.2) is 0 Å². The number of hydrogen-bond acceptors (Lipinski definition) is 2. The van der Waals surface area contributed by atoms with E-state index in [2.05, 4.69) is 33.4 Å². The molecule has 0 bridgehead atoms. The molecule has 1 aromatic carbocycles. The molecule has 1 fully saturated rings. The largest absolute Gasteiger partial charge is 0.355 e. The normalized spacial score (nSPS) is 17.9. The molecule has 0 saturated heterocycles. The fourth-order valence-electron chi connectivity index (χ4n) is 2.98. The lowest BCUT2D eigenvalue weighted by Crippen LogP contribution is -2.43. The highest BCUT2D eigenvalue weighted by Crippen LogP contribution is 2.41. The number of nitrogens with one attached hydrogen (secondary N) is 1. The zero-order valence-corrected chi connectivity index (χ0v) is 14.8. The van der Waals surface area contributed by atoms with E-state index in [1.165, 1.54) is 0 Å². The summed E-state index contributed by atoms with van der Waals surface area (Å²) in [6.45, 7) is 2.63. The highest BCUT2D eigenvalue weighted by Gasteiger charge is 2.42. The minimum atomic E-state index is -0.335. The van der Waals surface area contributed by atoms with Crippen LogP contribution in [0.15, 0.2) is 28.7 Å². The number of carbonyl (C=O) groups excluding carboxylic acids is 1. The predicted molar refractivity (Wildman–Crippen MR) is 92.8 cm³/mol. The van der Waals surface area contributed by atoms with E-state index in [-0.39, 0.29) is 29.8 Å². The highest BCUT2D eigenvalue weighted by atomic mass is 79.9. The molecule has 2 rings (SSSR count). The molecule has 0 aliphatic heterocycles. The van der Waals surface area contributed by atoms with Crippen molar-refractivity contribution in [3.05, 3.63) is 34.3 Å². The first-order valence-electron chi connectivity index (χ1n) is 7.34. The number of benzene rings is 1. The maximum Gasteiger partial charge on any atom is 0.230 e. The summed E-state index contributed by atoms with van der Waals surface area (Å²) in [6.07, 6.45) is 4.95. The second-order valence-electron chi connectivity index (χ2n) is 5.82. The summed E-state index contributed by atoms with van der Waals surface area (Å²) in [7, 11) is 0. The van der Waals surface area contributed by atoms with E-state index in [1.807, 2.05) is 19.1 Å². The Kier molecular flexibility index (Phi) is 7.17. The summed E-state index contributed by atoms with van der Waals surface area (Å²) < 4.78 is 1.05. The minimum Gasteiger partial charge on any atom is -0.355 e. The third kappa shape index (κ3) is 4.44. The maximum atomic E-state index is 12.7. The number of amides is 1. The Morgan fingerprint density at radius 1 is 1.33 bits per heavy atom. The summed E-state index contributed by atoms with van der Waals surface area (Å²) in [5.74, 6) is 0.165. The van der Waals surface area contributed by atoms with Crippen molar-refractivity contribution in [3.63, 3.8) is 0 Å². The molecule has 3 N–H and O–H groups in total. The van der Waals surface area contributed by atoms with Gasteiger partial charge in [-0.2, -0.15) is 0 Å². The standard InChI is InChI=1S/C16H23BrN2O.ClH/c1-12(18)8-11-19-15(20)16(9-2-3-10-16)13-4-6-14(17)7-5-13;/h4-7,12H,2-3,8-11,18H2,1H3,(H,19,20);1H. The molecule has 1 atom stereocenters. The number of carbonyl (C=O) groups is 1. The summed E-state index contributed by atoms with van der Waals surface area (Å²) in [5, 5.41) is 3.08. The van der Waals surface area contributed by atoms with Crippen LogP contribution >= 0.6 is 28.3 Å². The van der Waals surface area contributed by atoms with Gasteiger partial charge in [-0.05, 0) is 43.9 Å². The first kappa shape index (κ1) is 18.5. The van der Waals surface area contributed by atoms with E-state index in [9.17, 15) is 4.79 Å². The topological polar surface area (TPSA) is 55.1 Å². The summed E-state index contributed by atoms with van der Waals surface area (Å²) in [6, 6.07) is 8.30. The number of rotatable bonds is 5. The van der Waals surface area contributed by atoms with Crippen molar-refractivity contribution in [2.75, 3.05) is 6.54 Å². The molecular weight excluding hydrogens is 352 g/mol. The number of nitrogens with two attached hydrogens (primary N) is 1. The first-order valence-corrected chi connectivity index (χ1v) is 8.14. The van der Waals surface area contributed by atoms with Gasteiger partial charge in [-0.15, -0.1) is 12.4 Å². The average molecular weight is 376 g/mol. The Bertz CT molecular complexity index is 456. The van der Waals surface area contributed by atoms with E-state index in [0.717, 1.165) is 42.1 Å². The SMILES string of the molecule is CC(N)CCNC(=O)C1(c2ccc(Br)cc2)CCCC1.Cl. The number of hydrogen-bond donors (Lipinski definition) is 2. The summed E-state index contributed by atoms with van der Waals surface area (Å²) in [5.41, 5.74) is 6.54. The molecule has 118 valence electrons. The predicted octanol–water partition coefficient (Wildman–Crippen LogP) is 3.54. The minimum absolute atomic E-state index is 0. The van der Waals surface area contributed by atoms with Crippen molar-refractivity contribution in [3.8, 4) is 0 Å². The van der Waals surface area contributed by atoms with Gasteiger partial charge >= 0.3 is 0 Å². The van der Waals surface area contributed by atoms with Gasteiger partial charge in [0.2, 0.25) is 5.91 Å². The Hall–Kier alpha value is -0.580. The molecule has 1 amide bonds. The van der Waals surface area contributed by atoms with Crippen LogP contribution in [-0.4, -0.2) is 18.5 Å². The zero-order chi connectivity index (χ0) is 14.6. The molecule has 3 nitrogen and oxygen atoms in total. The molecule has 0 aromatic heterocycles. The van der Waals surface area contributed by atoms with Crippen LogP contribution < -0.4 is 11.1 Å². The van der Waals surface area contributed by atoms with Gasteiger partial charge in [0.1, 0.15) is 0 Å². The Labute approximate surface area is 141 Å². The van der Waals surface area contributed by atoms with Crippen molar-refractivity contribution in [2.45, 2.75) is 50.5 Å². The summed E-state index contributed by atoms with van der Waals surface area (Å²) >= 11 is 3.45. The molecule has 1 aliphatic rings. The van der Waals surface area contributed by atoms with Crippen LogP contribution in [-0.2, 0) is 10.2 Å². The van der Waals surface area contributed by atoms with Crippen LogP contribution in [0.1, 0.15) is 44.6 Å². The van der Waals surface area contributed by atoms with Gasteiger partial charge in [-0.1, -0.05) is 40.9 Å². The lowest BCUT2D eigenvalue weighted by Gasteiger charge is -2.28. The van der Waals surface area contributed by atoms with Gasteiger partial charge in [0, 0.05) is 17.1 Å². The summed E-state index contributed by atoms with van der Waals surface area (Å²) in [4.78, 5) is 12.7. The molecule has 1 saturated carbocycles. The van der Waals surface area contributed by atoms with Crippen LogP contribution in [0.3, 0.4) is 0 Å². The van der Waals surface area contributed by atoms with Gasteiger partial charge in [-0.25, -0.2) is 0 Å². The maximum absolute atomic E-state index is 12.7. The third-order valence-electron chi connectivity index (χ3n) is 4.17. The van der Waals surface area contributed by atoms with Crippen LogP contribution in [0.5, 0.6) is 0 Å². The lowest BCUT2D eigenvalue weighted by molar-refractivity contribution is -0.126. The van der Waals surface area contributed by atoms with Crippen molar-refractivity contribution in [1.82, 2.24) is 5.32 Å². The van der Waals surface area contributed by atoms with E-state index in [1.54, 1.807) is 0 Å². The Morgan fingerprint density at radius 2 is 1.90 bits per heavy atom. The fraction of sp³-hybridized carbons (Fsp3) is 0.562. The molecule has 1 aromatic rings. The third-order valence-corrected chi connectivity index (χ3v) is 4.70. The molecule has 5 heteroatoms. The smallest absolute Gasteiger partial charge is 0.230 e. The van der Waals surface area contributed by atoms with Gasteiger partial charge in [-0.3, -0.25) is 4.79 Å². The Morgan fingerprint density at radius 3 is 2.43 bits per heavy atom. The van der Waals surface area contributed by atoms with Crippen LogP contribution in [0.4, 0.5) is 0 Å². The first-order chi connectivity index (χ1) is 9.54. The number of halogens is 2. The second-order valence-corrected chi connectivity index (χ2v) is 6.73. The second kappa shape index (κ2) is 8.16. The molecular formula is C16H24BrClN2O. The van der Waals surface area contributed by atoms with E-state index < -0.39 is 0 Å². The van der Waals surface area contributed by atoms with Gasteiger partial charge < -0.3 is 11.1 Å². The highest BCUT2D eigenvalue weighted by molar-refractivity contribution is 9.10. The molecule has 0 spiro atoms. The molecule has 1 aliphatic carbocycles. The van der Waals surface area contributed by atoms with Crippen LogP contribution in [0.2, 0.25) is 0 Å². The fourth-order valence-corrected chi connectivity index (χ4v) is 3.24. The van der Waals surface area contributed by atoms with Crippen molar-refractivity contribution < 1.29 is 4.79 Å². The zero-order valence-electron chi connectivity index (χ0n) is 12.4. The van der Waals surface area contributed by atoms with Gasteiger partial charge in [0.25, 0.3) is 0 Å². The molecule has 1 unspecified atom stereocenters. The van der Waals surface area contributed by atoms with E-state index >= 15 is 0 Å². The average Bonchev–Trinajstić information content (AvgIpc) is 2.89. The van der Waals surface area contributed by atoms with Gasteiger partial charge in [0.05, 0.1) is 5.41 Å². The molecule has 0 heterocycles. The van der Waals surface area contributed by atoms with Crippen molar-refractivity contribution in [1.29, 1.82) is 0 Å².